The number of aliphatic hydroxyl groups is 1. The molecule has 0 aliphatic carbocycles. The number of piperidine rings is 1. The van der Waals surface area contributed by atoms with Gasteiger partial charge in [0, 0.05) is 37.2 Å². The molecule has 0 spiro atoms. The minimum Gasteiger partial charge on any atom is -0.394 e. The van der Waals surface area contributed by atoms with Crippen LogP contribution < -0.4 is 4.90 Å². The Balaban J connectivity index is 1.69. The van der Waals surface area contributed by atoms with Crippen LogP contribution in [0.3, 0.4) is 0 Å². The van der Waals surface area contributed by atoms with Crippen molar-refractivity contribution >= 4 is 27.8 Å². The van der Waals surface area contributed by atoms with Crippen LogP contribution >= 0.6 is 0 Å². The average Bonchev–Trinajstić information content (AvgIpc) is 2.85. The van der Waals surface area contributed by atoms with E-state index in [2.05, 4.69) is 41.3 Å². The number of nitriles is 1. The van der Waals surface area contributed by atoms with Crippen molar-refractivity contribution in [1.82, 2.24) is 0 Å². The fraction of sp³-hybridized carbons (Fsp3) is 0.481. The van der Waals surface area contributed by atoms with Gasteiger partial charge in [-0.3, -0.25) is 4.79 Å². The predicted molar refractivity (Wildman–Crippen MR) is 131 cm³/mol. The maximum atomic E-state index is 12.7. The number of allylic oxidation sites excluding steroid dienone is 2. The van der Waals surface area contributed by atoms with Crippen molar-refractivity contribution in [2.45, 2.75) is 39.0 Å². The molecule has 1 N–H and O–H groups in total. The van der Waals surface area contributed by atoms with Crippen molar-refractivity contribution in [2.24, 2.45) is 0 Å². The van der Waals surface area contributed by atoms with Crippen LogP contribution in [0.25, 0.3) is 16.3 Å². The van der Waals surface area contributed by atoms with Crippen LogP contribution in [0.4, 0.5) is 5.69 Å². The molecule has 1 heterocycles. The summed E-state index contributed by atoms with van der Waals surface area (Å²) >= 11 is 0. The number of rotatable bonds is 12. The molecule has 0 bridgehead atoms. The Labute approximate surface area is 196 Å². The normalized spacial score (nSPS) is 14.8. The Bertz CT molecular complexity index is 1000. The molecule has 0 atom stereocenters. The van der Waals surface area contributed by atoms with Crippen LogP contribution in [0.15, 0.2) is 42.0 Å². The molecule has 1 saturated heterocycles. The maximum Gasteiger partial charge on any atom is 0.173 e. The lowest BCUT2D eigenvalue weighted by molar-refractivity contribution is -0.115. The highest BCUT2D eigenvalue weighted by Crippen LogP contribution is 2.32. The zero-order valence-electron chi connectivity index (χ0n) is 19.5. The van der Waals surface area contributed by atoms with E-state index in [0.29, 0.717) is 32.8 Å². The van der Waals surface area contributed by atoms with Crippen molar-refractivity contribution in [1.29, 1.82) is 5.26 Å². The van der Waals surface area contributed by atoms with Crippen molar-refractivity contribution in [3.63, 3.8) is 0 Å². The second kappa shape index (κ2) is 13.1. The third kappa shape index (κ3) is 6.88. The van der Waals surface area contributed by atoms with Crippen molar-refractivity contribution in [3.05, 3.63) is 47.5 Å². The van der Waals surface area contributed by atoms with E-state index >= 15 is 0 Å². The molecule has 0 aromatic heterocycles. The van der Waals surface area contributed by atoms with Gasteiger partial charge in [-0.1, -0.05) is 24.3 Å². The van der Waals surface area contributed by atoms with Gasteiger partial charge in [-0.05, 0) is 61.3 Å². The molecule has 0 unspecified atom stereocenters. The molecular weight excluding hydrogens is 416 g/mol. The topological polar surface area (TPSA) is 82.8 Å². The maximum absolute atomic E-state index is 12.7. The fourth-order valence-corrected chi connectivity index (χ4v) is 4.25. The summed E-state index contributed by atoms with van der Waals surface area (Å²) in [6.45, 7) is 5.55. The number of carbonyl (C=O) groups excluding carboxylic acids is 1. The summed E-state index contributed by atoms with van der Waals surface area (Å²) < 4.78 is 10.6. The van der Waals surface area contributed by atoms with Crippen molar-refractivity contribution in [3.8, 4) is 6.07 Å². The number of carbonyl (C=O) groups is 1. The number of hydrogen-bond acceptors (Lipinski definition) is 6. The van der Waals surface area contributed by atoms with E-state index in [-0.39, 0.29) is 24.4 Å². The van der Waals surface area contributed by atoms with E-state index in [1.807, 2.05) is 13.0 Å². The first-order chi connectivity index (χ1) is 16.2. The van der Waals surface area contributed by atoms with Gasteiger partial charge < -0.3 is 19.5 Å². The van der Waals surface area contributed by atoms with Crippen molar-refractivity contribution < 1.29 is 19.4 Å². The Morgan fingerprint density at radius 2 is 1.82 bits per heavy atom. The van der Waals surface area contributed by atoms with Gasteiger partial charge in [-0.2, -0.15) is 5.26 Å². The first-order valence-electron chi connectivity index (χ1n) is 11.8. The summed E-state index contributed by atoms with van der Waals surface area (Å²) in [7, 11) is 0. The lowest BCUT2D eigenvalue weighted by atomic mass is 9.94. The number of benzene rings is 2. The molecule has 1 aliphatic heterocycles. The number of Topliss-reactive ketones (excluding diaryl/α,β-unsaturated/α-hetero) is 1. The van der Waals surface area contributed by atoms with Crippen LogP contribution in [0.5, 0.6) is 0 Å². The average molecular weight is 451 g/mol. The summed E-state index contributed by atoms with van der Waals surface area (Å²) in [5, 5.41) is 20.7. The van der Waals surface area contributed by atoms with Gasteiger partial charge in [0.25, 0.3) is 0 Å². The minimum absolute atomic E-state index is 0.00605. The molecule has 0 radical (unpaired) electrons. The molecule has 6 nitrogen and oxygen atoms in total. The zero-order chi connectivity index (χ0) is 23.5. The SMILES string of the molecule is C/C(=C(/C#N)C(=O)CCCOCCOCCO)c1ccc2cccc(N3CCCCC3)c2c1. The number of nitrogens with zero attached hydrogens (tertiary/aromatic N) is 2. The molecule has 0 saturated carbocycles. The largest absolute Gasteiger partial charge is 0.394 e. The second-order valence-electron chi connectivity index (χ2n) is 8.35. The highest BCUT2D eigenvalue weighted by atomic mass is 16.5. The first-order valence-corrected chi connectivity index (χ1v) is 11.8. The van der Waals surface area contributed by atoms with Gasteiger partial charge in [0.05, 0.1) is 32.0 Å². The summed E-state index contributed by atoms with van der Waals surface area (Å²) in [5.74, 6) is -0.153. The molecule has 2 aromatic carbocycles. The Morgan fingerprint density at radius 3 is 2.55 bits per heavy atom. The van der Waals surface area contributed by atoms with E-state index in [4.69, 9.17) is 14.6 Å². The Kier molecular flexibility index (Phi) is 9.89. The summed E-state index contributed by atoms with van der Waals surface area (Å²) in [6.07, 6.45) is 4.52. The number of ether oxygens (including phenoxy) is 2. The van der Waals surface area contributed by atoms with Gasteiger partial charge >= 0.3 is 0 Å². The van der Waals surface area contributed by atoms with E-state index in [1.165, 1.54) is 30.3 Å². The zero-order valence-corrected chi connectivity index (χ0v) is 19.5. The highest BCUT2D eigenvalue weighted by Gasteiger charge is 2.16. The predicted octanol–water partition coefficient (Wildman–Crippen LogP) is 4.50. The minimum atomic E-state index is -0.153. The number of fused-ring (bicyclic) bond motifs is 1. The number of anilines is 1. The molecule has 33 heavy (non-hydrogen) atoms. The summed E-state index contributed by atoms with van der Waals surface area (Å²) in [5.41, 5.74) is 3.08. The first kappa shape index (κ1) is 24.9. The van der Waals surface area contributed by atoms with Crippen molar-refractivity contribution in [2.75, 3.05) is 51.0 Å². The fourth-order valence-electron chi connectivity index (χ4n) is 4.25. The van der Waals surface area contributed by atoms with Crippen LogP contribution in [-0.4, -0.2) is 57.0 Å². The Hall–Kier alpha value is -2.72. The quantitative estimate of drug-likeness (QED) is 0.291. The van der Waals surface area contributed by atoms with Crippen LogP contribution in [-0.2, 0) is 14.3 Å². The standard InChI is InChI=1S/C27H34N2O4/c1-21(25(20-28)27(31)9-6-15-32-17-18-33-16-14-30)23-11-10-22-7-5-8-26(24(22)19-23)29-12-3-2-4-13-29/h5,7-8,10-11,19,30H,2-4,6,9,12-18H2,1H3/b25-21+. The molecule has 6 heteroatoms. The van der Waals surface area contributed by atoms with E-state index < -0.39 is 0 Å². The smallest absolute Gasteiger partial charge is 0.173 e. The van der Waals surface area contributed by atoms with Gasteiger partial charge in [0.2, 0.25) is 0 Å². The molecule has 3 rings (SSSR count). The molecule has 0 amide bonds. The van der Waals surface area contributed by atoms with E-state index in [1.54, 1.807) is 0 Å². The summed E-state index contributed by atoms with van der Waals surface area (Å²) in [6, 6.07) is 14.7. The lowest BCUT2D eigenvalue weighted by Crippen LogP contribution is -2.29. The third-order valence-corrected chi connectivity index (χ3v) is 6.05. The van der Waals surface area contributed by atoms with E-state index in [9.17, 15) is 10.1 Å². The van der Waals surface area contributed by atoms with Gasteiger partial charge in [-0.15, -0.1) is 0 Å². The van der Waals surface area contributed by atoms with Crippen LogP contribution in [0.2, 0.25) is 0 Å². The highest BCUT2D eigenvalue weighted by molar-refractivity contribution is 6.07. The molecule has 1 fully saturated rings. The molecule has 2 aromatic rings. The second-order valence-corrected chi connectivity index (χ2v) is 8.35. The Morgan fingerprint density at radius 1 is 1.06 bits per heavy atom. The van der Waals surface area contributed by atoms with Crippen LogP contribution in [0.1, 0.15) is 44.6 Å². The van der Waals surface area contributed by atoms with Gasteiger partial charge in [-0.25, -0.2) is 0 Å². The monoisotopic (exact) mass is 450 g/mol. The number of aliphatic hydroxyl groups excluding tert-OH is 1. The molecule has 1 aliphatic rings. The third-order valence-electron chi connectivity index (χ3n) is 6.05. The number of ketones is 1. The van der Waals surface area contributed by atoms with Gasteiger partial charge in [0.15, 0.2) is 5.78 Å². The summed E-state index contributed by atoms with van der Waals surface area (Å²) in [4.78, 5) is 15.2. The molecular formula is C27H34N2O4. The van der Waals surface area contributed by atoms with Gasteiger partial charge in [0.1, 0.15) is 6.07 Å². The van der Waals surface area contributed by atoms with Crippen LogP contribution in [0, 0.1) is 11.3 Å². The lowest BCUT2D eigenvalue weighted by Gasteiger charge is -2.30. The molecule has 176 valence electrons. The number of hydrogen-bond donors (Lipinski definition) is 1. The van der Waals surface area contributed by atoms with E-state index in [0.717, 1.165) is 29.6 Å².